The predicted octanol–water partition coefficient (Wildman–Crippen LogP) is 5.03. The van der Waals surface area contributed by atoms with Crippen LogP contribution in [0.5, 0.6) is 0 Å². The highest BCUT2D eigenvalue weighted by molar-refractivity contribution is 7.28. The van der Waals surface area contributed by atoms with E-state index in [0.717, 1.165) is 23.5 Å². The zero-order valence-electron chi connectivity index (χ0n) is 13.9. The van der Waals surface area contributed by atoms with E-state index in [2.05, 4.69) is 19.5 Å². The normalized spacial score (nSPS) is 11.5. The summed E-state index contributed by atoms with van der Waals surface area (Å²) in [7, 11) is 2.32. The Hall–Kier alpha value is -2.31. The zero-order chi connectivity index (χ0) is 19.8. The van der Waals surface area contributed by atoms with E-state index >= 15 is 0 Å². The second-order valence-corrected chi connectivity index (χ2v) is 7.29. The summed E-state index contributed by atoms with van der Waals surface area (Å²) in [5, 5.41) is 2.96. The van der Waals surface area contributed by atoms with E-state index in [1.165, 1.54) is 24.3 Å². The third-order valence-electron chi connectivity index (χ3n) is 3.73. The minimum atomic E-state index is -4.46. The van der Waals surface area contributed by atoms with Crippen LogP contribution < -0.4 is 10.6 Å². The summed E-state index contributed by atoms with van der Waals surface area (Å²) in [6.45, 7) is 1.60. The van der Waals surface area contributed by atoms with Crippen molar-refractivity contribution in [3.8, 4) is 10.4 Å². The summed E-state index contributed by atoms with van der Waals surface area (Å²) in [4.78, 5) is 17.0. The van der Waals surface area contributed by atoms with Gasteiger partial charge in [0.25, 0.3) is 5.91 Å². The van der Waals surface area contributed by atoms with Gasteiger partial charge in [-0.1, -0.05) is 24.3 Å². The molecule has 3 rings (SSSR count). The molecule has 27 heavy (non-hydrogen) atoms. The standard InChI is InChI=1S/C18H13F4N2OPS/c1-9-15(10-4-2-5-11(8-10)18(20,21)22)27-17(23-9)16(25)24-14-12(19)6-3-7-13(14)26/h2-8H,26H2,1H3,(H,24,25). The van der Waals surface area contributed by atoms with Gasteiger partial charge in [-0.15, -0.1) is 20.6 Å². The van der Waals surface area contributed by atoms with Crippen LogP contribution in [-0.2, 0) is 6.18 Å². The van der Waals surface area contributed by atoms with Gasteiger partial charge in [0, 0.05) is 0 Å². The average molecular weight is 412 g/mol. The lowest BCUT2D eigenvalue weighted by Crippen LogP contribution is -2.17. The zero-order valence-corrected chi connectivity index (χ0v) is 15.9. The number of rotatable bonds is 3. The Labute approximate surface area is 158 Å². The number of nitrogens with zero attached hydrogens (tertiary/aromatic N) is 1. The molecule has 1 N–H and O–H groups in total. The van der Waals surface area contributed by atoms with Crippen molar-refractivity contribution >= 4 is 37.5 Å². The fourth-order valence-electron chi connectivity index (χ4n) is 2.44. The molecule has 1 amide bonds. The van der Waals surface area contributed by atoms with Gasteiger partial charge < -0.3 is 5.32 Å². The van der Waals surface area contributed by atoms with Gasteiger partial charge in [0.2, 0.25) is 0 Å². The minimum absolute atomic E-state index is 0.0148. The molecule has 1 aromatic heterocycles. The van der Waals surface area contributed by atoms with Gasteiger partial charge in [0.1, 0.15) is 5.82 Å². The molecule has 0 saturated heterocycles. The fourth-order valence-corrected chi connectivity index (χ4v) is 3.72. The lowest BCUT2D eigenvalue weighted by Gasteiger charge is -2.08. The van der Waals surface area contributed by atoms with Crippen LogP contribution in [-0.4, -0.2) is 10.9 Å². The average Bonchev–Trinajstić information content (AvgIpc) is 2.99. The van der Waals surface area contributed by atoms with Gasteiger partial charge in [-0.3, -0.25) is 4.79 Å². The number of aromatic nitrogens is 1. The topological polar surface area (TPSA) is 42.0 Å². The molecule has 140 valence electrons. The number of halogens is 4. The molecule has 1 atom stereocenters. The van der Waals surface area contributed by atoms with E-state index in [4.69, 9.17) is 0 Å². The number of carbonyl (C=O) groups is 1. The summed E-state index contributed by atoms with van der Waals surface area (Å²) in [5.41, 5.74) is -0.0283. The second kappa shape index (κ2) is 7.37. The first-order valence-corrected chi connectivity index (χ1v) is 9.06. The highest BCUT2D eigenvalue weighted by Crippen LogP contribution is 2.35. The Morgan fingerprint density at radius 2 is 1.89 bits per heavy atom. The van der Waals surface area contributed by atoms with Crippen molar-refractivity contribution in [2.45, 2.75) is 13.1 Å². The van der Waals surface area contributed by atoms with E-state index in [1.54, 1.807) is 13.0 Å². The van der Waals surface area contributed by atoms with Crippen molar-refractivity contribution in [3.05, 3.63) is 64.5 Å². The Morgan fingerprint density at radius 1 is 1.19 bits per heavy atom. The van der Waals surface area contributed by atoms with E-state index in [9.17, 15) is 22.4 Å². The van der Waals surface area contributed by atoms with Crippen LogP contribution in [0.25, 0.3) is 10.4 Å². The molecular formula is C18H13F4N2OPS. The van der Waals surface area contributed by atoms with Crippen molar-refractivity contribution in [3.63, 3.8) is 0 Å². The number of nitrogens with one attached hydrogen (secondary N) is 1. The number of benzene rings is 2. The van der Waals surface area contributed by atoms with Crippen LogP contribution in [0, 0.1) is 12.7 Å². The largest absolute Gasteiger partial charge is 0.416 e. The van der Waals surface area contributed by atoms with Crippen molar-refractivity contribution in [2.24, 2.45) is 0 Å². The molecule has 0 aliphatic heterocycles. The quantitative estimate of drug-likeness (QED) is 0.484. The lowest BCUT2D eigenvalue weighted by molar-refractivity contribution is -0.137. The van der Waals surface area contributed by atoms with E-state index in [0.29, 0.717) is 21.4 Å². The van der Waals surface area contributed by atoms with Crippen LogP contribution >= 0.6 is 20.6 Å². The maximum atomic E-state index is 13.9. The van der Waals surface area contributed by atoms with Crippen LogP contribution in [0.15, 0.2) is 42.5 Å². The summed E-state index contributed by atoms with van der Waals surface area (Å²) >= 11 is 0.951. The Morgan fingerprint density at radius 3 is 2.56 bits per heavy atom. The maximum Gasteiger partial charge on any atom is 0.416 e. The van der Waals surface area contributed by atoms with Crippen LogP contribution in [0.1, 0.15) is 21.1 Å². The Bertz CT molecular complexity index is 997. The molecule has 0 aliphatic carbocycles. The Balaban J connectivity index is 1.92. The molecule has 1 unspecified atom stereocenters. The van der Waals surface area contributed by atoms with Crippen LogP contribution in [0.4, 0.5) is 23.2 Å². The number of hydrogen-bond donors (Lipinski definition) is 1. The van der Waals surface area contributed by atoms with Crippen molar-refractivity contribution in [1.82, 2.24) is 4.98 Å². The van der Waals surface area contributed by atoms with E-state index in [-0.39, 0.29) is 10.7 Å². The number of alkyl halides is 3. The van der Waals surface area contributed by atoms with Gasteiger partial charge in [-0.25, -0.2) is 9.37 Å². The first-order valence-electron chi connectivity index (χ1n) is 7.67. The van der Waals surface area contributed by atoms with Gasteiger partial charge in [-0.05, 0) is 36.0 Å². The molecule has 0 bridgehead atoms. The summed E-state index contributed by atoms with van der Waals surface area (Å²) < 4.78 is 52.6. The number of anilines is 1. The molecule has 0 saturated carbocycles. The lowest BCUT2D eigenvalue weighted by atomic mass is 10.1. The molecule has 0 spiro atoms. The number of amides is 1. The molecule has 3 aromatic rings. The minimum Gasteiger partial charge on any atom is -0.317 e. The number of carbonyl (C=O) groups excluding carboxylic acids is 1. The van der Waals surface area contributed by atoms with Crippen LogP contribution in [0.3, 0.4) is 0 Å². The molecule has 1 heterocycles. The van der Waals surface area contributed by atoms with Gasteiger partial charge in [0.05, 0.1) is 21.8 Å². The second-order valence-electron chi connectivity index (χ2n) is 5.67. The van der Waals surface area contributed by atoms with Gasteiger partial charge in [-0.2, -0.15) is 13.2 Å². The predicted molar refractivity (Wildman–Crippen MR) is 101 cm³/mol. The third kappa shape index (κ3) is 4.17. The SMILES string of the molecule is Cc1nc(C(=O)Nc2c(F)cccc2P)sc1-c1cccc(C(F)(F)F)c1. The highest BCUT2D eigenvalue weighted by Gasteiger charge is 2.30. The molecule has 3 nitrogen and oxygen atoms in total. The van der Waals surface area contributed by atoms with Gasteiger partial charge in [0.15, 0.2) is 5.01 Å². The van der Waals surface area contributed by atoms with E-state index < -0.39 is 23.5 Å². The van der Waals surface area contributed by atoms with Crippen LogP contribution in [0.2, 0.25) is 0 Å². The number of hydrogen-bond acceptors (Lipinski definition) is 3. The molecule has 2 aromatic carbocycles. The molecule has 0 radical (unpaired) electrons. The summed E-state index contributed by atoms with van der Waals surface area (Å²) in [6, 6.07) is 9.15. The number of para-hydroxylation sites is 1. The molecule has 0 fully saturated rings. The smallest absolute Gasteiger partial charge is 0.317 e. The van der Waals surface area contributed by atoms with Gasteiger partial charge >= 0.3 is 6.18 Å². The third-order valence-corrected chi connectivity index (χ3v) is 5.41. The number of aryl methyl sites for hydroxylation is 1. The van der Waals surface area contributed by atoms with E-state index in [1.807, 2.05) is 0 Å². The highest BCUT2D eigenvalue weighted by atomic mass is 32.1. The van der Waals surface area contributed by atoms with Crippen molar-refractivity contribution in [1.29, 1.82) is 0 Å². The summed E-state index contributed by atoms with van der Waals surface area (Å²) in [5.74, 6) is -1.22. The van der Waals surface area contributed by atoms with Crippen molar-refractivity contribution < 1.29 is 22.4 Å². The molecule has 9 heteroatoms. The molecule has 0 aliphatic rings. The summed E-state index contributed by atoms with van der Waals surface area (Å²) in [6.07, 6.45) is -4.46. The fraction of sp³-hybridized carbons (Fsp3) is 0.111. The Kier molecular flexibility index (Phi) is 5.31. The first kappa shape index (κ1) is 19.5. The monoisotopic (exact) mass is 412 g/mol. The molecular weight excluding hydrogens is 399 g/mol. The van der Waals surface area contributed by atoms with Crippen molar-refractivity contribution in [2.75, 3.05) is 5.32 Å². The number of thiazole rings is 1. The first-order chi connectivity index (χ1) is 12.7. The maximum absolute atomic E-state index is 13.9.